The third kappa shape index (κ3) is 2.66. The van der Waals surface area contributed by atoms with E-state index in [9.17, 15) is 0 Å². The first-order valence-electron chi connectivity index (χ1n) is 6.68. The largest absolute Gasteiger partial charge is 0.407 e. The summed E-state index contributed by atoms with van der Waals surface area (Å²) >= 11 is 0. The van der Waals surface area contributed by atoms with Crippen LogP contribution in [0.15, 0.2) is 4.42 Å². The van der Waals surface area contributed by atoms with Crippen molar-refractivity contribution in [3.8, 4) is 0 Å². The molecule has 1 aliphatic heterocycles. The molecule has 5 nitrogen and oxygen atoms in total. The lowest BCUT2D eigenvalue weighted by Gasteiger charge is -2.29. The molecule has 18 heavy (non-hydrogen) atoms. The van der Waals surface area contributed by atoms with Gasteiger partial charge in [-0.25, -0.2) is 0 Å². The molecular formula is C13H23N3O2. The van der Waals surface area contributed by atoms with Crippen LogP contribution < -0.4 is 4.90 Å². The summed E-state index contributed by atoms with van der Waals surface area (Å²) in [5, 5.41) is 8.36. The molecule has 102 valence electrons. The zero-order chi connectivity index (χ0) is 13.2. The predicted octanol–water partition coefficient (Wildman–Crippen LogP) is 2.37. The highest BCUT2D eigenvalue weighted by molar-refractivity contribution is 5.25. The molecular weight excluding hydrogens is 230 g/mol. The van der Waals surface area contributed by atoms with Gasteiger partial charge >= 0.3 is 6.01 Å². The molecule has 1 aromatic rings. The van der Waals surface area contributed by atoms with Gasteiger partial charge < -0.3 is 14.1 Å². The second kappa shape index (κ2) is 5.26. The molecule has 1 saturated heterocycles. The van der Waals surface area contributed by atoms with Crippen LogP contribution in [-0.2, 0) is 10.2 Å². The van der Waals surface area contributed by atoms with Gasteiger partial charge in [0, 0.05) is 25.6 Å². The van der Waals surface area contributed by atoms with Gasteiger partial charge in [0.2, 0.25) is 5.89 Å². The number of methoxy groups -OCH3 is 1. The van der Waals surface area contributed by atoms with Gasteiger partial charge in [0.1, 0.15) is 0 Å². The zero-order valence-electron chi connectivity index (χ0n) is 11.8. The Morgan fingerprint density at radius 2 is 2.00 bits per heavy atom. The van der Waals surface area contributed by atoms with Gasteiger partial charge in [0.25, 0.3) is 0 Å². The summed E-state index contributed by atoms with van der Waals surface area (Å²) in [5.41, 5.74) is -0.0455. The van der Waals surface area contributed by atoms with Crippen molar-refractivity contribution in [1.82, 2.24) is 10.2 Å². The zero-order valence-corrected chi connectivity index (χ0v) is 11.8. The number of hydrogen-bond acceptors (Lipinski definition) is 5. The van der Waals surface area contributed by atoms with Gasteiger partial charge in [-0.2, -0.15) is 0 Å². The first-order chi connectivity index (χ1) is 8.56. The lowest BCUT2D eigenvalue weighted by atomic mass is 9.90. The lowest BCUT2D eigenvalue weighted by molar-refractivity contribution is 0.0810. The molecule has 1 aromatic heterocycles. The first-order valence-corrected chi connectivity index (χ1v) is 6.68. The van der Waals surface area contributed by atoms with Crippen LogP contribution in [0.4, 0.5) is 6.01 Å². The minimum Gasteiger partial charge on any atom is -0.407 e. The van der Waals surface area contributed by atoms with Crippen LogP contribution in [0.1, 0.15) is 45.9 Å². The normalized spacial score (nSPS) is 18.3. The Bertz CT molecular complexity index is 381. The summed E-state index contributed by atoms with van der Waals surface area (Å²) in [6.07, 6.45) is 3.40. The number of hydrogen-bond donors (Lipinski definition) is 0. The highest BCUT2D eigenvalue weighted by Crippen LogP contribution is 2.28. The Morgan fingerprint density at radius 3 is 2.56 bits per heavy atom. The lowest BCUT2D eigenvalue weighted by Crippen LogP contribution is -2.36. The second-order valence-corrected chi connectivity index (χ2v) is 5.55. The van der Waals surface area contributed by atoms with E-state index in [2.05, 4.69) is 35.9 Å². The van der Waals surface area contributed by atoms with Crippen molar-refractivity contribution in [2.24, 2.45) is 0 Å². The molecule has 1 aliphatic rings. The van der Waals surface area contributed by atoms with Crippen molar-refractivity contribution in [2.75, 3.05) is 25.1 Å². The Kier molecular flexibility index (Phi) is 3.90. The average molecular weight is 253 g/mol. The number of aromatic nitrogens is 2. The maximum absolute atomic E-state index is 5.81. The Morgan fingerprint density at radius 1 is 1.33 bits per heavy atom. The van der Waals surface area contributed by atoms with Gasteiger partial charge in [-0.1, -0.05) is 25.9 Å². The number of ether oxygens (including phenoxy) is 1. The molecule has 0 N–H and O–H groups in total. The van der Waals surface area contributed by atoms with Gasteiger partial charge in [-0.05, 0) is 19.3 Å². The summed E-state index contributed by atoms with van der Waals surface area (Å²) in [4.78, 5) is 2.15. The van der Waals surface area contributed by atoms with Crippen molar-refractivity contribution in [3.63, 3.8) is 0 Å². The van der Waals surface area contributed by atoms with E-state index in [0.717, 1.165) is 38.2 Å². The summed E-state index contributed by atoms with van der Waals surface area (Å²) in [7, 11) is 1.77. The van der Waals surface area contributed by atoms with Crippen molar-refractivity contribution in [3.05, 3.63) is 5.89 Å². The Labute approximate surface area is 109 Å². The molecule has 1 fully saturated rings. The van der Waals surface area contributed by atoms with Crippen LogP contribution in [0.3, 0.4) is 0 Å². The van der Waals surface area contributed by atoms with E-state index in [4.69, 9.17) is 9.15 Å². The van der Waals surface area contributed by atoms with Crippen LogP contribution in [0.25, 0.3) is 0 Å². The van der Waals surface area contributed by atoms with Crippen LogP contribution in [0.5, 0.6) is 0 Å². The standard InChI is InChI=1S/C13H23N3O2/c1-5-13(2,3)11-14-15-12(18-11)16-8-6-10(17-4)7-9-16/h10H,5-9H2,1-4H3. The SMILES string of the molecule is CCC(C)(C)c1nnc(N2CCC(OC)CC2)o1. The minimum absolute atomic E-state index is 0.0455. The molecule has 2 rings (SSSR count). The number of piperidine rings is 1. The van der Waals surface area contributed by atoms with Crippen molar-refractivity contribution < 1.29 is 9.15 Å². The molecule has 0 atom stereocenters. The average Bonchev–Trinajstić information content (AvgIpc) is 2.89. The number of nitrogens with zero attached hydrogens (tertiary/aromatic N) is 3. The minimum atomic E-state index is -0.0455. The first kappa shape index (κ1) is 13.3. The van der Waals surface area contributed by atoms with E-state index >= 15 is 0 Å². The second-order valence-electron chi connectivity index (χ2n) is 5.55. The predicted molar refractivity (Wildman–Crippen MR) is 69.9 cm³/mol. The van der Waals surface area contributed by atoms with Crippen LogP contribution in [-0.4, -0.2) is 36.5 Å². The monoisotopic (exact) mass is 253 g/mol. The van der Waals surface area contributed by atoms with Crippen LogP contribution in [0, 0.1) is 0 Å². The molecule has 0 bridgehead atoms. The van der Waals surface area contributed by atoms with Crippen molar-refractivity contribution in [1.29, 1.82) is 0 Å². The Balaban J connectivity index is 2.03. The molecule has 0 amide bonds. The molecule has 0 unspecified atom stereocenters. The molecule has 0 aliphatic carbocycles. The van der Waals surface area contributed by atoms with E-state index < -0.39 is 0 Å². The molecule has 0 spiro atoms. The van der Waals surface area contributed by atoms with Crippen molar-refractivity contribution in [2.45, 2.75) is 51.6 Å². The summed E-state index contributed by atoms with van der Waals surface area (Å²) in [6.45, 7) is 8.23. The number of anilines is 1. The molecule has 0 radical (unpaired) electrons. The summed E-state index contributed by atoms with van der Waals surface area (Å²) < 4.78 is 11.2. The summed E-state index contributed by atoms with van der Waals surface area (Å²) in [5.74, 6) is 0.730. The maximum Gasteiger partial charge on any atom is 0.318 e. The molecule has 0 aromatic carbocycles. The van der Waals surface area contributed by atoms with E-state index in [1.54, 1.807) is 7.11 Å². The molecule has 2 heterocycles. The van der Waals surface area contributed by atoms with E-state index in [1.165, 1.54) is 0 Å². The summed E-state index contributed by atoms with van der Waals surface area (Å²) in [6, 6.07) is 0.654. The maximum atomic E-state index is 5.81. The molecule has 0 saturated carbocycles. The van der Waals surface area contributed by atoms with Crippen LogP contribution in [0.2, 0.25) is 0 Å². The highest BCUT2D eigenvalue weighted by atomic mass is 16.5. The van der Waals surface area contributed by atoms with Crippen LogP contribution >= 0.6 is 0 Å². The van der Waals surface area contributed by atoms with E-state index in [-0.39, 0.29) is 5.41 Å². The smallest absolute Gasteiger partial charge is 0.318 e. The fraction of sp³-hybridized carbons (Fsp3) is 0.846. The third-order valence-corrected chi connectivity index (χ3v) is 3.92. The topological polar surface area (TPSA) is 51.4 Å². The number of rotatable bonds is 4. The van der Waals surface area contributed by atoms with Crippen molar-refractivity contribution >= 4 is 6.01 Å². The van der Waals surface area contributed by atoms with E-state index in [1.807, 2.05) is 0 Å². The van der Waals surface area contributed by atoms with Gasteiger partial charge in [0.05, 0.1) is 6.10 Å². The van der Waals surface area contributed by atoms with Gasteiger partial charge in [0.15, 0.2) is 0 Å². The van der Waals surface area contributed by atoms with Gasteiger partial charge in [-0.3, -0.25) is 0 Å². The fourth-order valence-electron chi connectivity index (χ4n) is 2.05. The van der Waals surface area contributed by atoms with E-state index in [0.29, 0.717) is 12.1 Å². The fourth-order valence-corrected chi connectivity index (χ4v) is 2.05. The third-order valence-electron chi connectivity index (χ3n) is 3.92. The quantitative estimate of drug-likeness (QED) is 0.824. The van der Waals surface area contributed by atoms with Gasteiger partial charge in [-0.15, -0.1) is 5.10 Å². The molecule has 5 heteroatoms. The Hall–Kier alpha value is -1.10. The highest BCUT2D eigenvalue weighted by Gasteiger charge is 2.28.